The quantitative estimate of drug-likeness (QED) is 0.390. The fourth-order valence-corrected chi connectivity index (χ4v) is 3.41. The minimum atomic E-state index is 0.688. The fraction of sp³-hybridized carbons (Fsp3) is 0. The van der Waals surface area contributed by atoms with Crippen molar-refractivity contribution in [2.75, 3.05) is 0 Å². The summed E-state index contributed by atoms with van der Waals surface area (Å²) in [5, 5.41) is 0. The van der Waals surface area contributed by atoms with Crippen molar-refractivity contribution < 1.29 is 9.59 Å². The van der Waals surface area contributed by atoms with Gasteiger partial charge in [-0.15, -0.1) is 0 Å². The van der Waals surface area contributed by atoms with Gasteiger partial charge >= 0.3 is 0 Å². The van der Waals surface area contributed by atoms with Crippen molar-refractivity contribution in [1.29, 1.82) is 0 Å². The van der Waals surface area contributed by atoms with E-state index < -0.39 is 0 Å². The first kappa shape index (κ1) is 17.6. The van der Waals surface area contributed by atoms with Crippen LogP contribution >= 0.6 is 0 Å². The zero-order valence-corrected chi connectivity index (χ0v) is 15.2. The Kier molecular flexibility index (Phi) is 4.94. The third kappa shape index (κ3) is 3.40. The Bertz CT molecular complexity index is 1030. The summed E-state index contributed by atoms with van der Waals surface area (Å²) in [6, 6.07) is 31.6. The molecule has 0 spiro atoms. The Labute approximate surface area is 164 Å². The molecule has 0 heterocycles. The minimum absolute atomic E-state index is 0.688. The number of carbonyl (C=O) groups is 2. The van der Waals surface area contributed by atoms with Gasteiger partial charge in [0.25, 0.3) is 0 Å². The summed E-state index contributed by atoms with van der Waals surface area (Å²) < 4.78 is 0. The number of rotatable bonds is 5. The molecule has 0 bridgehead atoms. The van der Waals surface area contributed by atoms with Gasteiger partial charge < -0.3 is 0 Å². The van der Waals surface area contributed by atoms with E-state index in [0.717, 1.165) is 46.0 Å². The molecule has 0 aliphatic rings. The van der Waals surface area contributed by atoms with E-state index in [4.69, 9.17) is 0 Å². The van der Waals surface area contributed by atoms with Crippen LogP contribution in [0.1, 0.15) is 20.7 Å². The highest BCUT2D eigenvalue weighted by molar-refractivity contribution is 5.89. The van der Waals surface area contributed by atoms with E-state index in [9.17, 15) is 9.59 Å². The van der Waals surface area contributed by atoms with Crippen LogP contribution < -0.4 is 0 Å². The molecule has 0 N–H and O–H groups in total. The number of hydrogen-bond acceptors (Lipinski definition) is 2. The molecule has 0 unspecified atom stereocenters. The lowest BCUT2D eigenvalue weighted by molar-refractivity contribution is 0.111. The topological polar surface area (TPSA) is 34.1 Å². The molecule has 0 aromatic heterocycles. The van der Waals surface area contributed by atoms with Crippen molar-refractivity contribution in [3.8, 4) is 33.4 Å². The number of hydrogen-bond donors (Lipinski definition) is 0. The smallest absolute Gasteiger partial charge is 0.150 e. The standard InChI is InChI=1S/C26H18O2/c27-17-23-5-1-3-7-25(23)21-13-9-19(10-14-21)20-11-15-22(16-12-20)26-8-4-2-6-24(26)18-28/h1-18H. The Balaban J connectivity index is 1.63. The van der Waals surface area contributed by atoms with E-state index in [1.165, 1.54) is 0 Å². The molecule has 0 amide bonds. The van der Waals surface area contributed by atoms with Crippen LogP contribution in [-0.2, 0) is 0 Å². The molecule has 4 rings (SSSR count). The second kappa shape index (κ2) is 7.85. The third-order valence-corrected chi connectivity index (χ3v) is 4.90. The van der Waals surface area contributed by atoms with E-state index in [1.807, 2.05) is 72.8 Å². The summed E-state index contributed by atoms with van der Waals surface area (Å²) in [5.41, 5.74) is 7.48. The zero-order chi connectivity index (χ0) is 19.3. The van der Waals surface area contributed by atoms with E-state index in [1.54, 1.807) is 0 Å². The normalized spacial score (nSPS) is 10.4. The molecule has 2 heteroatoms. The maximum absolute atomic E-state index is 11.3. The van der Waals surface area contributed by atoms with Gasteiger partial charge in [-0.25, -0.2) is 0 Å². The van der Waals surface area contributed by atoms with Crippen molar-refractivity contribution in [2.45, 2.75) is 0 Å². The van der Waals surface area contributed by atoms with Crippen LogP contribution in [0.5, 0.6) is 0 Å². The summed E-state index contributed by atoms with van der Waals surface area (Å²) in [5.74, 6) is 0. The first-order valence-corrected chi connectivity index (χ1v) is 9.10. The first-order valence-electron chi connectivity index (χ1n) is 9.10. The maximum Gasteiger partial charge on any atom is 0.150 e. The lowest BCUT2D eigenvalue weighted by Crippen LogP contribution is -1.88. The monoisotopic (exact) mass is 362 g/mol. The SMILES string of the molecule is O=Cc1ccccc1-c1ccc(-c2ccc(-c3ccccc3C=O)cc2)cc1. The first-order chi connectivity index (χ1) is 13.8. The Morgan fingerprint density at radius 2 is 0.714 bits per heavy atom. The number of benzene rings is 4. The Morgan fingerprint density at radius 3 is 1.07 bits per heavy atom. The third-order valence-electron chi connectivity index (χ3n) is 4.90. The van der Waals surface area contributed by atoms with E-state index in [2.05, 4.69) is 24.3 Å². The molecular formula is C26H18O2. The van der Waals surface area contributed by atoms with Crippen LogP contribution in [-0.4, -0.2) is 12.6 Å². The van der Waals surface area contributed by atoms with Crippen LogP contribution in [0, 0.1) is 0 Å². The maximum atomic E-state index is 11.3. The highest BCUT2D eigenvalue weighted by Crippen LogP contribution is 2.29. The highest BCUT2D eigenvalue weighted by atomic mass is 16.1. The van der Waals surface area contributed by atoms with Crippen molar-refractivity contribution in [1.82, 2.24) is 0 Å². The van der Waals surface area contributed by atoms with E-state index >= 15 is 0 Å². The highest BCUT2D eigenvalue weighted by Gasteiger charge is 2.06. The number of carbonyl (C=O) groups excluding carboxylic acids is 2. The van der Waals surface area contributed by atoms with Gasteiger partial charge in [-0.05, 0) is 33.4 Å². The molecule has 0 saturated heterocycles. The molecule has 0 fully saturated rings. The predicted molar refractivity (Wildman–Crippen MR) is 114 cm³/mol. The molecule has 28 heavy (non-hydrogen) atoms. The summed E-state index contributed by atoms with van der Waals surface area (Å²) in [4.78, 5) is 22.5. The van der Waals surface area contributed by atoms with Crippen LogP contribution in [0.3, 0.4) is 0 Å². The summed E-state index contributed by atoms with van der Waals surface area (Å²) in [6.45, 7) is 0. The number of aldehydes is 2. The van der Waals surface area contributed by atoms with Crippen LogP contribution in [0.2, 0.25) is 0 Å². The predicted octanol–water partition coefficient (Wildman–Crippen LogP) is 6.31. The molecule has 4 aromatic carbocycles. The van der Waals surface area contributed by atoms with Crippen LogP contribution in [0.4, 0.5) is 0 Å². The van der Waals surface area contributed by atoms with Gasteiger partial charge in [-0.2, -0.15) is 0 Å². The van der Waals surface area contributed by atoms with Gasteiger partial charge in [-0.3, -0.25) is 9.59 Å². The molecule has 0 saturated carbocycles. The average molecular weight is 362 g/mol. The largest absolute Gasteiger partial charge is 0.298 e. The van der Waals surface area contributed by atoms with E-state index in [-0.39, 0.29) is 0 Å². The second-order valence-corrected chi connectivity index (χ2v) is 6.56. The molecule has 2 nitrogen and oxygen atoms in total. The van der Waals surface area contributed by atoms with Crippen molar-refractivity contribution in [3.05, 3.63) is 108 Å². The summed E-state index contributed by atoms with van der Waals surface area (Å²) in [7, 11) is 0. The van der Waals surface area contributed by atoms with Crippen molar-refractivity contribution >= 4 is 12.6 Å². The molecule has 0 aliphatic heterocycles. The van der Waals surface area contributed by atoms with Gasteiger partial charge in [0.05, 0.1) is 0 Å². The Morgan fingerprint density at radius 1 is 0.393 bits per heavy atom. The molecule has 0 aliphatic carbocycles. The van der Waals surface area contributed by atoms with Gasteiger partial charge in [0.15, 0.2) is 12.6 Å². The van der Waals surface area contributed by atoms with Gasteiger partial charge in [-0.1, -0.05) is 97.1 Å². The lowest BCUT2D eigenvalue weighted by Gasteiger charge is -2.09. The zero-order valence-electron chi connectivity index (χ0n) is 15.2. The molecular weight excluding hydrogens is 344 g/mol. The van der Waals surface area contributed by atoms with Crippen LogP contribution in [0.25, 0.3) is 33.4 Å². The molecule has 0 atom stereocenters. The van der Waals surface area contributed by atoms with E-state index in [0.29, 0.717) is 11.1 Å². The van der Waals surface area contributed by atoms with Crippen LogP contribution in [0.15, 0.2) is 97.1 Å². The van der Waals surface area contributed by atoms with Gasteiger partial charge in [0.2, 0.25) is 0 Å². The van der Waals surface area contributed by atoms with Gasteiger partial charge in [0.1, 0.15) is 0 Å². The molecule has 0 radical (unpaired) electrons. The molecule has 4 aromatic rings. The summed E-state index contributed by atoms with van der Waals surface area (Å²) >= 11 is 0. The van der Waals surface area contributed by atoms with Gasteiger partial charge in [0, 0.05) is 11.1 Å². The van der Waals surface area contributed by atoms with Crippen molar-refractivity contribution in [3.63, 3.8) is 0 Å². The minimum Gasteiger partial charge on any atom is -0.298 e. The summed E-state index contributed by atoms with van der Waals surface area (Å²) in [6.07, 6.45) is 1.78. The Hall–Kier alpha value is -3.78. The van der Waals surface area contributed by atoms with Crippen molar-refractivity contribution in [2.24, 2.45) is 0 Å². The lowest BCUT2D eigenvalue weighted by atomic mass is 9.95. The average Bonchev–Trinajstić information content (AvgIpc) is 2.79. The molecule has 134 valence electrons. The second-order valence-electron chi connectivity index (χ2n) is 6.56. The fourth-order valence-electron chi connectivity index (χ4n) is 3.41.